The smallest absolute Gasteiger partial charge is 0.137 e. The summed E-state index contributed by atoms with van der Waals surface area (Å²) in [5.41, 5.74) is 1.14. The molecule has 1 heterocycles. The number of hydrogen-bond acceptors (Lipinski definition) is 3. The number of halogens is 1. The molecule has 0 saturated carbocycles. The molecule has 2 atom stereocenters. The lowest BCUT2D eigenvalue weighted by atomic mass is 10.1. The van der Waals surface area contributed by atoms with Crippen molar-refractivity contribution in [3.8, 4) is 5.75 Å². The highest BCUT2D eigenvalue weighted by Gasteiger charge is 2.20. The van der Waals surface area contributed by atoms with Crippen LogP contribution in [-0.2, 0) is 4.74 Å². The first-order valence-electron chi connectivity index (χ1n) is 5.98. The van der Waals surface area contributed by atoms with Crippen molar-refractivity contribution in [3.63, 3.8) is 0 Å². The monoisotopic (exact) mass is 255 g/mol. The van der Waals surface area contributed by atoms with E-state index in [9.17, 15) is 0 Å². The summed E-state index contributed by atoms with van der Waals surface area (Å²) in [6.07, 6.45) is 0.282. The molecule has 0 radical (unpaired) electrons. The first kappa shape index (κ1) is 12.7. The molecule has 1 aliphatic rings. The minimum atomic E-state index is 0.222. The van der Waals surface area contributed by atoms with Gasteiger partial charge in [-0.25, -0.2) is 0 Å². The van der Waals surface area contributed by atoms with Crippen LogP contribution in [0, 0.1) is 0 Å². The van der Waals surface area contributed by atoms with Crippen LogP contribution in [0.5, 0.6) is 5.75 Å². The Morgan fingerprint density at radius 1 is 1.53 bits per heavy atom. The molecule has 2 unspecified atom stereocenters. The summed E-state index contributed by atoms with van der Waals surface area (Å²) in [5, 5.41) is 4.10. The fourth-order valence-corrected chi connectivity index (χ4v) is 2.15. The Morgan fingerprint density at radius 3 is 2.94 bits per heavy atom. The van der Waals surface area contributed by atoms with Gasteiger partial charge in [-0.05, 0) is 31.5 Å². The van der Waals surface area contributed by atoms with Gasteiger partial charge in [-0.15, -0.1) is 0 Å². The maximum absolute atomic E-state index is 6.16. The van der Waals surface area contributed by atoms with E-state index < -0.39 is 0 Å². The van der Waals surface area contributed by atoms with Crippen LogP contribution < -0.4 is 10.1 Å². The molecule has 1 N–H and O–H groups in total. The van der Waals surface area contributed by atoms with E-state index in [4.69, 9.17) is 21.1 Å². The van der Waals surface area contributed by atoms with Gasteiger partial charge in [0.25, 0.3) is 0 Å². The summed E-state index contributed by atoms with van der Waals surface area (Å²) in [5.74, 6) is 0.739. The summed E-state index contributed by atoms with van der Waals surface area (Å²) in [6, 6.07) is 6.12. The average molecular weight is 256 g/mol. The highest BCUT2D eigenvalue weighted by atomic mass is 35.5. The summed E-state index contributed by atoms with van der Waals surface area (Å²) < 4.78 is 11.0. The second-order valence-electron chi connectivity index (χ2n) is 4.23. The van der Waals surface area contributed by atoms with Crippen LogP contribution in [0.2, 0.25) is 5.02 Å². The second kappa shape index (κ2) is 5.71. The quantitative estimate of drug-likeness (QED) is 0.901. The van der Waals surface area contributed by atoms with Crippen LogP contribution in [0.25, 0.3) is 0 Å². The summed E-state index contributed by atoms with van der Waals surface area (Å²) in [7, 11) is 0. The van der Waals surface area contributed by atoms with Crippen molar-refractivity contribution in [1.29, 1.82) is 0 Å². The standard InChI is InChI=1S/C13H18ClNO2/c1-3-16-13-5-4-10(6-11(13)14)12-8-17-9(2)7-15-12/h4-6,9,12,15H,3,7-8H2,1-2H3. The maximum atomic E-state index is 6.16. The Morgan fingerprint density at radius 2 is 2.35 bits per heavy atom. The molecule has 0 spiro atoms. The molecule has 17 heavy (non-hydrogen) atoms. The Hall–Kier alpha value is -0.770. The van der Waals surface area contributed by atoms with Crippen molar-refractivity contribution in [2.24, 2.45) is 0 Å². The lowest BCUT2D eigenvalue weighted by Gasteiger charge is -2.28. The van der Waals surface area contributed by atoms with E-state index in [1.165, 1.54) is 0 Å². The molecule has 4 heteroatoms. The molecule has 1 aliphatic heterocycles. The maximum Gasteiger partial charge on any atom is 0.137 e. The van der Waals surface area contributed by atoms with Crippen LogP contribution in [0.4, 0.5) is 0 Å². The summed E-state index contributed by atoms with van der Waals surface area (Å²) >= 11 is 6.16. The average Bonchev–Trinajstić information content (AvgIpc) is 2.33. The Balaban J connectivity index is 2.09. The number of ether oxygens (including phenoxy) is 2. The van der Waals surface area contributed by atoms with Gasteiger partial charge in [-0.3, -0.25) is 0 Å². The van der Waals surface area contributed by atoms with E-state index in [-0.39, 0.29) is 12.1 Å². The first-order valence-corrected chi connectivity index (χ1v) is 6.35. The Bertz CT molecular complexity index is 376. The normalized spacial score (nSPS) is 24.6. The lowest BCUT2D eigenvalue weighted by molar-refractivity contribution is 0.0149. The van der Waals surface area contributed by atoms with Gasteiger partial charge in [-0.1, -0.05) is 17.7 Å². The molecule has 0 amide bonds. The van der Waals surface area contributed by atoms with Gasteiger partial charge in [0.1, 0.15) is 5.75 Å². The van der Waals surface area contributed by atoms with Gasteiger partial charge in [0.15, 0.2) is 0 Å². The van der Waals surface area contributed by atoms with E-state index >= 15 is 0 Å². The van der Waals surface area contributed by atoms with Gasteiger partial charge in [0.05, 0.1) is 30.4 Å². The second-order valence-corrected chi connectivity index (χ2v) is 4.63. The van der Waals surface area contributed by atoms with E-state index in [1.54, 1.807) is 0 Å². The molecule has 0 aromatic heterocycles. The first-order chi connectivity index (χ1) is 8.20. The van der Waals surface area contributed by atoms with Crippen LogP contribution >= 0.6 is 11.6 Å². The zero-order valence-electron chi connectivity index (χ0n) is 10.2. The van der Waals surface area contributed by atoms with Crippen LogP contribution in [0.1, 0.15) is 25.5 Å². The molecule has 3 nitrogen and oxygen atoms in total. The molecule has 1 fully saturated rings. The fourth-order valence-electron chi connectivity index (χ4n) is 1.91. The van der Waals surface area contributed by atoms with E-state index in [1.807, 2.05) is 25.1 Å². The van der Waals surface area contributed by atoms with Crippen molar-refractivity contribution in [2.75, 3.05) is 19.8 Å². The third-order valence-corrected chi connectivity index (χ3v) is 3.15. The highest BCUT2D eigenvalue weighted by molar-refractivity contribution is 6.32. The van der Waals surface area contributed by atoms with Crippen molar-refractivity contribution >= 4 is 11.6 Å². The minimum absolute atomic E-state index is 0.222. The molecule has 0 bridgehead atoms. The van der Waals surface area contributed by atoms with Crippen LogP contribution in [-0.4, -0.2) is 25.9 Å². The van der Waals surface area contributed by atoms with Crippen LogP contribution in [0.3, 0.4) is 0 Å². The van der Waals surface area contributed by atoms with E-state index in [0.717, 1.165) is 17.9 Å². The topological polar surface area (TPSA) is 30.5 Å². The van der Waals surface area contributed by atoms with E-state index in [0.29, 0.717) is 18.2 Å². The van der Waals surface area contributed by atoms with Gasteiger partial charge in [0, 0.05) is 6.54 Å². The van der Waals surface area contributed by atoms with Crippen molar-refractivity contribution in [3.05, 3.63) is 28.8 Å². The molecule has 0 aliphatic carbocycles. The zero-order valence-corrected chi connectivity index (χ0v) is 11.0. The van der Waals surface area contributed by atoms with Gasteiger partial charge >= 0.3 is 0 Å². The number of rotatable bonds is 3. The number of morpholine rings is 1. The fraction of sp³-hybridized carbons (Fsp3) is 0.538. The zero-order chi connectivity index (χ0) is 12.3. The molecule has 1 aromatic rings. The van der Waals surface area contributed by atoms with Gasteiger partial charge < -0.3 is 14.8 Å². The highest BCUT2D eigenvalue weighted by Crippen LogP contribution is 2.28. The Labute approximate surface area is 107 Å². The third-order valence-electron chi connectivity index (χ3n) is 2.86. The Kier molecular flexibility index (Phi) is 4.26. The van der Waals surface area contributed by atoms with E-state index in [2.05, 4.69) is 12.2 Å². The SMILES string of the molecule is CCOc1ccc(C2COC(C)CN2)cc1Cl. The summed E-state index contributed by atoms with van der Waals surface area (Å²) in [6.45, 7) is 6.19. The molecule has 2 rings (SSSR count). The molecular weight excluding hydrogens is 238 g/mol. The molecule has 94 valence electrons. The number of nitrogens with one attached hydrogen (secondary N) is 1. The van der Waals surface area contributed by atoms with Crippen molar-refractivity contribution in [2.45, 2.75) is 26.0 Å². The number of hydrogen-bond donors (Lipinski definition) is 1. The predicted molar refractivity (Wildman–Crippen MR) is 68.8 cm³/mol. The van der Waals surface area contributed by atoms with Crippen LogP contribution in [0.15, 0.2) is 18.2 Å². The minimum Gasteiger partial charge on any atom is -0.492 e. The molecular formula is C13H18ClNO2. The van der Waals surface area contributed by atoms with Gasteiger partial charge in [0.2, 0.25) is 0 Å². The number of benzene rings is 1. The molecule has 1 aromatic carbocycles. The summed E-state index contributed by atoms with van der Waals surface area (Å²) in [4.78, 5) is 0. The lowest BCUT2D eigenvalue weighted by Crippen LogP contribution is -2.39. The van der Waals surface area contributed by atoms with Gasteiger partial charge in [-0.2, -0.15) is 0 Å². The largest absolute Gasteiger partial charge is 0.492 e. The third kappa shape index (κ3) is 3.12. The predicted octanol–water partition coefficient (Wildman–Crippen LogP) is 2.79. The van der Waals surface area contributed by atoms with Crippen molar-refractivity contribution in [1.82, 2.24) is 5.32 Å². The van der Waals surface area contributed by atoms with Crippen molar-refractivity contribution < 1.29 is 9.47 Å². The molecule has 1 saturated heterocycles.